The Morgan fingerprint density at radius 1 is 1.05 bits per heavy atom. The lowest BCUT2D eigenvalue weighted by Gasteiger charge is -2.10. The Hall–Kier alpha value is -2.48. The molecule has 0 spiro atoms. The van der Waals surface area contributed by atoms with Crippen LogP contribution in [0, 0.1) is 6.92 Å². The van der Waals surface area contributed by atoms with Crippen LogP contribution in [0.1, 0.15) is 16.7 Å². The zero-order chi connectivity index (χ0) is 13.4. The fourth-order valence-corrected chi connectivity index (χ4v) is 2.21. The number of amides is 1. The summed E-state index contributed by atoms with van der Waals surface area (Å²) in [6.07, 6.45) is 1.90. The Bertz CT molecular complexity index is 801. The van der Waals surface area contributed by atoms with Gasteiger partial charge in [0.05, 0.1) is 5.36 Å². The van der Waals surface area contributed by atoms with Gasteiger partial charge in [0.25, 0.3) is 5.91 Å². The van der Waals surface area contributed by atoms with Crippen molar-refractivity contribution in [1.29, 1.82) is 0 Å². The number of rotatable bonds is 1. The third kappa shape index (κ3) is 1.91. The normalized spacial score (nSPS) is 13.5. The highest BCUT2D eigenvalue weighted by Crippen LogP contribution is 2.20. The van der Waals surface area contributed by atoms with Crippen molar-refractivity contribution in [2.45, 2.75) is 6.92 Å². The molecule has 19 heavy (non-hydrogen) atoms. The van der Waals surface area contributed by atoms with Crippen LogP contribution in [-0.2, 0) is 4.79 Å². The van der Waals surface area contributed by atoms with Crippen LogP contribution in [0.25, 0.3) is 18.2 Å². The SMILES string of the molecule is C=c1c(C)ccc2c1=NC(=O)C(c1ccccc1)=C2. The average Bonchev–Trinajstić information content (AvgIpc) is 2.44. The minimum absolute atomic E-state index is 0.200. The van der Waals surface area contributed by atoms with Gasteiger partial charge in [-0.2, -0.15) is 0 Å². The maximum absolute atomic E-state index is 12.2. The molecule has 2 heteroatoms. The summed E-state index contributed by atoms with van der Waals surface area (Å²) in [7, 11) is 0. The zero-order valence-electron chi connectivity index (χ0n) is 10.7. The quantitative estimate of drug-likeness (QED) is 0.759. The predicted molar refractivity (Wildman–Crippen MR) is 76.8 cm³/mol. The molecule has 2 aromatic carbocycles. The molecule has 0 fully saturated rings. The zero-order valence-corrected chi connectivity index (χ0v) is 10.7. The van der Waals surface area contributed by atoms with Crippen molar-refractivity contribution in [3.63, 3.8) is 0 Å². The van der Waals surface area contributed by atoms with Crippen LogP contribution < -0.4 is 10.6 Å². The van der Waals surface area contributed by atoms with E-state index in [1.807, 2.05) is 55.5 Å². The summed E-state index contributed by atoms with van der Waals surface area (Å²) < 4.78 is 0. The van der Waals surface area contributed by atoms with E-state index < -0.39 is 0 Å². The second kappa shape index (κ2) is 4.32. The molecule has 2 nitrogen and oxygen atoms in total. The summed E-state index contributed by atoms with van der Waals surface area (Å²) in [5.41, 5.74) is 3.53. The average molecular weight is 247 g/mol. The summed E-state index contributed by atoms with van der Waals surface area (Å²) in [6.45, 7) is 5.96. The van der Waals surface area contributed by atoms with E-state index in [1.54, 1.807) is 0 Å². The van der Waals surface area contributed by atoms with Gasteiger partial charge in [0.1, 0.15) is 0 Å². The van der Waals surface area contributed by atoms with Gasteiger partial charge in [0, 0.05) is 11.1 Å². The van der Waals surface area contributed by atoms with Crippen molar-refractivity contribution >= 4 is 24.1 Å². The number of carbonyl (C=O) groups is 1. The van der Waals surface area contributed by atoms with Gasteiger partial charge in [-0.25, -0.2) is 4.99 Å². The number of carbonyl (C=O) groups excluding carboxylic acids is 1. The van der Waals surface area contributed by atoms with Gasteiger partial charge >= 0.3 is 0 Å². The molecule has 0 saturated heterocycles. The maximum Gasteiger partial charge on any atom is 0.278 e. The number of aryl methyl sites for hydroxylation is 1. The van der Waals surface area contributed by atoms with Gasteiger partial charge in [0.15, 0.2) is 0 Å². The summed E-state index contributed by atoms with van der Waals surface area (Å²) in [4.78, 5) is 16.4. The molecule has 0 aromatic heterocycles. The molecule has 0 radical (unpaired) electrons. The molecule has 1 heterocycles. The Morgan fingerprint density at radius 3 is 2.53 bits per heavy atom. The van der Waals surface area contributed by atoms with Gasteiger partial charge in [-0.3, -0.25) is 4.79 Å². The first-order valence-electron chi connectivity index (χ1n) is 6.15. The van der Waals surface area contributed by atoms with E-state index in [0.717, 1.165) is 21.9 Å². The molecule has 3 rings (SSSR count). The van der Waals surface area contributed by atoms with Crippen molar-refractivity contribution in [3.05, 3.63) is 69.7 Å². The van der Waals surface area contributed by atoms with E-state index >= 15 is 0 Å². The molecule has 1 amide bonds. The Balaban J connectivity index is 2.24. The van der Waals surface area contributed by atoms with E-state index in [2.05, 4.69) is 11.6 Å². The molecule has 2 aromatic rings. The topological polar surface area (TPSA) is 29.4 Å². The lowest BCUT2D eigenvalue weighted by atomic mass is 9.98. The molecule has 1 aliphatic rings. The van der Waals surface area contributed by atoms with Gasteiger partial charge in [0.2, 0.25) is 0 Å². The van der Waals surface area contributed by atoms with Gasteiger partial charge in [-0.05, 0) is 29.3 Å². The number of hydrogen-bond acceptors (Lipinski definition) is 1. The highest BCUT2D eigenvalue weighted by Gasteiger charge is 2.16. The van der Waals surface area contributed by atoms with E-state index in [1.165, 1.54) is 0 Å². The summed E-state index contributed by atoms with van der Waals surface area (Å²) in [5, 5.41) is 1.53. The number of hydrogen-bond donors (Lipinski definition) is 0. The number of nitrogens with zero attached hydrogens (tertiary/aromatic N) is 1. The molecule has 0 unspecified atom stereocenters. The number of fused-ring (bicyclic) bond motifs is 1. The van der Waals surface area contributed by atoms with Crippen LogP contribution in [0.4, 0.5) is 0 Å². The molecule has 92 valence electrons. The lowest BCUT2D eigenvalue weighted by Crippen LogP contribution is -2.32. The minimum Gasteiger partial charge on any atom is -0.267 e. The van der Waals surface area contributed by atoms with Crippen LogP contribution in [-0.4, -0.2) is 5.91 Å². The molecule has 0 aliphatic carbocycles. The summed E-state index contributed by atoms with van der Waals surface area (Å²) in [6, 6.07) is 13.6. The molecule has 0 N–H and O–H groups in total. The van der Waals surface area contributed by atoms with E-state index in [4.69, 9.17) is 0 Å². The molecule has 0 saturated carbocycles. The first kappa shape index (κ1) is 11.6. The van der Waals surface area contributed by atoms with Gasteiger partial charge in [-0.15, -0.1) is 0 Å². The van der Waals surface area contributed by atoms with Crippen molar-refractivity contribution in [1.82, 2.24) is 0 Å². The van der Waals surface area contributed by atoms with Crippen LogP contribution in [0.3, 0.4) is 0 Å². The Labute approximate surface area is 111 Å². The van der Waals surface area contributed by atoms with E-state index in [9.17, 15) is 4.79 Å². The fourth-order valence-electron chi connectivity index (χ4n) is 2.21. The largest absolute Gasteiger partial charge is 0.278 e. The molecule has 1 aliphatic heterocycles. The first-order chi connectivity index (χ1) is 9.16. The van der Waals surface area contributed by atoms with Crippen LogP contribution >= 0.6 is 0 Å². The first-order valence-corrected chi connectivity index (χ1v) is 6.15. The van der Waals surface area contributed by atoms with Crippen molar-refractivity contribution < 1.29 is 4.79 Å². The summed E-state index contributed by atoms with van der Waals surface area (Å²) in [5.74, 6) is -0.200. The van der Waals surface area contributed by atoms with Gasteiger partial charge in [-0.1, -0.05) is 49.0 Å². The fraction of sp³-hybridized carbons (Fsp3) is 0.0588. The Kier molecular flexibility index (Phi) is 2.64. The lowest BCUT2D eigenvalue weighted by molar-refractivity contribution is -0.112. The van der Waals surface area contributed by atoms with Crippen molar-refractivity contribution in [2.24, 2.45) is 4.99 Å². The third-order valence-electron chi connectivity index (χ3n) is 3.38. The van der Waals surface area contributed by atoms with Crippen molar-refractivity contribution in [2.75, 3.05) is 0 Å². The predicted octanol–water partition coefficient (Wildman–Crippen LogP) is 2.11. The molecule has 0 atom stereocenters. The second-order valence-corrected chi connectivity index (χ2v) is 4.64. The maximum atomic E-state index is 12.2. The van der Waals surface area contributed by atoms with Crippen LogP contribution in [0.15, 0.2) is 47.5 Å². The second-order valence-electron chi connectivity index (χ2n) is 4.64. The third-order valence-corrected chi connectivity index (χ3v) is 3.38. The minimum atomic E-state index is -0.200. The molecular weight excluding hydrogens is 234 g/mol. The van der Waals surface area contributed by atoms with Crippen molar-refractivity contribution in [3.8, 4) is 0 Å². The molecular formula is C17H13NO. The highest BCUT2D eigenvalue weighted by atomic mass is 16.1. The van der Waals surface area contributed by atoms with Crippen LogP contribution in [0.5, 0.6) is 0 Å². The van der Waals surface area contributed by atoms with E-state index in [0.29, 0.717) is 10.9 Å². The van der Waals surface area contributed by atoms with E-state index in [-0.39, 0.29) is 5.91 Å². The standard InChI is InChI=1S/C17H13NO/c1-11-8-9-14-10-15(13-6-4-3-5-7-13)17(19)18-16(14)12(11)2/h3-10H,2H2,1H3. The smallest absolute Gasteiger partial charge is 0.267 e. The Morgan fingerprint density at radius 2 is 1.79 bits per heavy atom. The highest BCUT2D eigenvalue weighted by molar-refractivity contribution is 6.25. The number of benzene rings is 2. The van der Waals surface area contributed by atoms with Crippen LogP contribution in [0.2, 0.25) is 0 Å². The molecule has 0 bridgehead atoms. The monoisotopic (exact) mass is 247 g/mol. The summed E-state index contributed by atoms with van der Waals surface area (Å²) >= 11 is 0. The van der Waals surface area contributed by atoms with Gasteiger partial charge < -0.3 is 0 Å².